The van der Waals surface area contributed by atoms with Crippen LogP contribution in [0.3, 0.4) is 0 Å². The predicted molar refractivity (Wildman–Crippen MR) is 92.3 cm³/mol. The number of rotatable bonds is 6. The Hall–Kier alpha value is -0.670. The maximum atomic E-state index is 6.19. The van der Waals surface area contributed by atoms with Crippen molar-refractivity contribution in [1.29, 1.82) is 0 Å². The van der Waals surface area contributed by atoms with Crippen molar-refractivity contribution in [3.8, 4) is 0 Å². The number of thioether (sulfide) groups is 1. The number of halogens is 2. The Morgan fingerprint density at radius 2 is 1.67 bits per heavy atom. The van der Waals surface area contributed by atoms with Crippen molar-refractivity contribution in [3.05, 3.63) is 63.6 Å². The van der Waals surface area contributed by atoms with Crippen LogP contribution in [0.2, 0.25) is 10.0 Å². The molecule has 2 aromatic rings. The molecule has 1 aliphatic rings. The summed E-state index contributed by atoms with van der Waals surface area (Å²) in [5, 5.41) is 5.00. The molecule has 0 aromatic heterocycles. The maximum absolute atomic E-state index is 6.19. The van der Waals surface area contributed by atoms with Crippen molar-refractivity contribution in [2.24, 2.45) is 0 Å². The molecule has 110 valence electrons. The highest BCUT2D eigenvalue weighted by atomic mass is 35.5. The summed E-state index contributed by atoms with van der Waals surface area (Å²) in [5.41, 5.74) is 2.34. The molecule has 0 aliphatic heterocycles. The van der Waals surface area contributed by atoms with E-state index in [1.165, 1.54) is 23.3 Å². The second-order valence-corrected chi connectivity index (χ2v) is 7.15. The topological polar surface area (TPSA) is 12.0 Å². The highest BCUT2D eigenvalue weighted by molar-refractivity contribution is 7.98. The van der Waals surface area contributed by atoms with Crippen molar-refractivity contribution in [2.45, 2.75) is 36.1 Å². The first-order valence-electron chi connectivity index (χ1n) is 7.10. The molecule has 1 saturated carbocycles. The number of nitrogens with one attached hydrogen (secondary N) is 1. The van der Waals surface area contributed by atoms with Gasteiger partial charge in [-0.3, -0.25) is 0 Å². The van der Waals surface area contributed by atoms with E-state index in [0.717, 1.165) is 33.9 Å². The lowest BCUT2D eigenvalue weighted by Gasteiger charge is -2.08. The zero-order chi connectivity index (χ0) is 14.7. The average Bonchev–Trinajstić information content (AvgIpc) is 3.30. The van der Waals surface area contributed by atoms with Crippen LogP contribution in [0.1, 0.15) is 24.0 Å². The third-order valence-electron chi connectivity index (χ3n) is 3.54. The van der Waals surface area contributed by atoms with Crippen LogP contribution >= 0.6 is 35.0 Å². The van der Waals surface area contributed by atoms with E-state index in [1.54, 1.807) is 11.8 Å². The van der Waals surface area contributed by atoms with E-state index in [4.69, 9.17) is 23.2 Å². The van der Waals surface area contributed by atoms with Gasteiger partial charge in [-0.1, -0.05) is 41.4 Å². The quantitative estimate of drug-likeness (QED) is 0.694. The molecular weight excluding hydrogens is 321 g/mol. The summed E-state index contributed by atoms with van der Waals surface area (Å²) in [6, 6.07) is 15.1. The highest BCUT2D eigenvalue weighted by Crippen LogP contribution is 2.31. The molecule has 21 heavy (non-hydrogen) atoms. The first-order valence-corrected chi connectivity index (χ1v) is 8.84. The van der Waals surface area contributed by atoms with Crippen LogP contribution in [0.4, 0.5) is 0 Å². The molecule has 0 radical (unpaired) electrons. The Bertz CT molecular complexity index is 588. The minimum Gasteiger partial charge on any atom is -0.310 e. The second kappa shape index (κ2) is 7.06. The number of hydrogen-bond donors (Lipinski definition) is 1. The van der Waals surface area contributed by atoms with Crippen LogP contribution in [0.5, 0.6) is 0 Å². The van der Waals surface area contributed by atoms with E-state index in [1.807, 2.05) is 18.2 Å². The predicted octanol–water partition coefficient (Wildman–Crippen LogP) is 5.54. The van der Waals surface area contributed by atoms with Gasteiger partial charge in [-0.25, -0.2) is 0 Å². The van der Waals surface area contributed by atoms with Crippen LogP contribution in [-0.4, -0.2) is 6.04 Å². The van der Waals surface area contributed by atoms with Crippen molar-refractivity contribution < 1.29 is 0 Å². The summed E-state index contributed by atoms with van der Waals surface area (Å²) in [5.74, 6) is 0.790. The van der Waals surface area contributed by atoms with Crippen LogP contribution in [0, 0.1) is 0 Å². The normalized spacial score (nSPS) is 14.4. The van der Waals surface area contributed by atoms with Gasteiger partial charge in [0.2, 0.25) is 0 Å². The van der Waals surface area contributed by atoms with E-state index < -0.39 is 0 Å². The van der Waals surface area contributed by atoms with Gasteiger partial charge in [0.1, 0.15) is 0 Å². The van der Waals surface area contributed by atoms with E-state index in [0.29, 0.717) is 0 Å². The molecule has 1 nitrogen and oxygen atoms in total. The lowest BCUT2D eigenvalue weighted by atomic mass is 10.2. The average molecular weight is 338 g/mol. The second-order valence-electron chi connectivity index (χ2n) is 5.29. The van der Waals surface area contributed by atoms with E-state index in [-0.39, 0.29) is 0 Å². The van der Waals surface area contributed by atoms with E-state index >= 15 is 0 Å². The van der Waals surface area contributed by atoms with Gasteiger partial charge in [-0.05, 0) is 48.2 Å². The minimum atomic E-state index is 0.736. The molecule has 0 spiro atoms. The third-order valence-corrected chi connectivity index (χ3v) is 5.29. The highest BCUT2D eigenvalue weighted by Gasteiger charge is 2.19. The smallest absolute Gasteiger partial charge is 0.0461 e. The molecule has 0 saturated heterocycles. The molecule has 4 heteroatoms. The summed E-state index contributed by atoms with van der Waals surface area (Å²) >= 11 is 14.1. The van der Waals surface area contributed by atoms with Gasteiger partial charge in [-0.15, -0.1) is 11.8 Å². The summed E-state index contributed by atoms with van der Waals surface area (Å²) in [7, 11) is 0. The molecule has 1 fully saturated rings. The standard InChI is InChI=1S/C17H17Cl2NS/c18-16-2-1-3-17(19)15(16)11-21-14-8-4-12(5-9-14)10-20-13-6-7-13/h1-5,8-9,13,20H,6-7,10-11H2. The molecule has 1 aliphatic carbocycles. The third kappa shape index (κ3) is 4.40. The van der Waals surface area contributed by atoms with Gasteiger partial charge in [0, 0.05) is 33.3 Å². The lowest BCUT2D eigenvalue weighted by Crippen LogP contribution is -2.14. The SMILES string of the molecule is Clc1cccc(Cl)c1CSc1ccc(CNC2CC2)cc1. The fraction of sp³-hybridized carbons (Fsp3) is 0.294. The Kier molecular flexibility index (Phi) is 5.12. The van der Waals surface area contributed by atoms with Gasteiger partial charge in [0.15, 0.2) is 0 Å². The zero-order valence-electron chi connectivity index (χ0n) is 11.6. The molecule has 3 rings (SSSR count). The molecule has 0 amide bonds. The lowest BCUT2D eigenvalue weighted by molar-refractivity contribution is 0.687. The molecule has 0 bridgehead atoms. The Labute approximate surface area is 140 Å². The maximum Gasteiger partial charge on any atom is 0.0461 e. The van der Waals surface area contributed by atoms with Crippen molar-refractivity contribution in [3.63, 3.8) is 0 Å². The molecule has 0 unspecified atom stereocenters. The minimum absolute atomic E-state index is 0.736. The van der Waals surface area contributed by atoms with Crippen LogP contribution < -0.4 is 5.32 Å². The molecule has 2 aromatic carbocycles. The summed E-state index contributed by atoms with van der Waals surface area (Å²) in [6.07, 6.45) is 2.65. The Morgan fingerprint density at radius 3 is 2.29 bits per heavy atom. The fourth-order valence-corrected chi connectivity index (χ4v) is 3.72. The largest absolute Gasteiger partial charge is 0.310 e. The van der Waals surface area contributed by atoms with Gasteiger partial charge in [0.05, 0.1) is 0 Å². The van der Waals surface area contributed by atoms with Gasteiger partial charge in [-0.2, -0.15) is 0 Å². The molecular formula is C17H17Cl2NS. The number of benzene rings is 2. The van der Waals surface area contributed by atoms with Crippen LogP contribution in [-0.2, 0) is 12.3 Å². The van der Waals surface area contributed by atoms with E-state index in [9.17, 15) is 0 Å². The first kappa shape index (κ1) is 15.2. The van der Waals surface area contributed by atoms with E-state index in [2.05, 4.69) is 29.6 Å². The molecule has 0 heterocycles. The fourth-order valence-electron chi connectivity index (χ4n) is 2.08. The van der Waals surface area contributed by atoms with Crippen molar-refractivity contribution >= 4 is 35.0 Å². The Balaban J connectivity index is 1.57. The van der Waals surface area contributed by atoms with Crippen LogP contribution in [0.15, 0.2) is 47.4 Å². The zero-order valence-corrected chi connectivity index (χ0v) is 13.9. The first-order chi connectivity index (χ1) is 10.2. The van der Waals surface area contributed by atoms with Gasteiger partial charge < -0.3 is 5.32 Å². The summed E-state index contributed by atoms with van der Waals surface area (Å²) in [4.78, 5) is 1.24. The van der Waals surface area contributed by atoms with Gasteiger partial charge >= 0.3 is 0 Å². The van der Waals surface area contributed by atoms with Crippen molar-refractivity contribution in [1.82, 2.24) is 5.32 Å². The van der Waals surface area contributed by atoms with Gasteiger partial charge in [0.25, 0.3) is 0 Å². The summed E-state index contributed by atoms with van der Waals surface area (Å²) in [6.45, 7) is 0.964. The molecule has 1 N–H and O–H groups in total. The van der Waals surface area contributed by atoms with Crippen LogP contribution in [0.25, 0.3) is 0 Å². The monoisotopic (exact) mass is 337 g/mol. The molecule has 0 atom stereocenters. The van der Waals surface area contributed by atoms with Crippen molar-refractivity contribution in [2.75, 3.05) is 0 Å². The summed E-state index contributed by atoms with van der Waals surface area (Å²) < 4.78 is 0. The number of hydrogen-bond acceptors (Lipinski definition) is 2. The Morgan fingerprint density at radius 1 is 1.00 bits per heavy atom.